The highest BCUT2D eigenvalue weighted by Crippen LogP contribution is 2.23. The van der Waals surface area contributed by atoms with Crippen molar-refractivity contribution in [2.45, 2.75) is 50.6 Å². The predicted octanol–water partition coefficient (Wildman–Crippen LogP) is 0.406. The number of hydrogen-bond donors (Lipinski definition) is 3. The van der Waals surface area contributed by atoms with Gasteiger partial charge in [-0.15, -0.1) is 0 Å². The van der Waals surface area contributed by atoms with Crippen LogP contribution in [0.4, 0.5) is 0 Å². The van der Waals surface area contributed by atoms with Gasteiger partial charge in [-0.05, 0) is 51.0 Å². The zero-order valence-corrected chi connectivity index (χ0v) is 9.74. The van der Waals surface area contributed by atoms with E-state index in [1.807, 2.05) is 0 Å². The number of aliphatic hydroxyl groups is 1. The summed E-state index contributed by atoms with van der Waals surface area (Å²) in [5.41, 5.74) is 0. The molecule has 0 aromatic heterocycles. The predicted molar refractivity (Wildman–Crippen MR) is 62.0 cm³/mol. The molecule has 1 atom stereocenters. The molecule has 0 aromatic carbocycles. The lowest BCUT2D eigenvalue weighted by atomic mass is 9.86. The maximum absolute atomic E-state index is 11.8. The van der Waals surface area contributed by atoms with Crippen LogP contribution < -0.4 is 10.6 Å². The first kappa shape index (κ1) is 11.9. The molecule has 2 fully saturated rings. The summed E-state index contributed by atoms with van der Waals surface area (Å²) in [6, 6.07) is 0.369. The van der Waals surface area contributed by atoms with Gasteiger partial charge in [-0.25, -0.2) is 0 Å². The molecule has 0 radical (unpaired) electrons. The third-order valence-electron chi connectivity index (χ3n) is 3.83. The zero-order valence-electron chi connectivity index (χ0n) is 9.74. The van der Waals surface area contributed by atoms with Crippen molar-refractivity contribution in [3.63, 3.8) is 0 Å². The van der Waals surface area contributed by atoms with Crippen LogP contribution in [0.25, 0.3) is 0 Å². The Labute approximate surface area is 96.8 Å². The number of rotatable bonds is 3. The van der Waals surface area contributed by atoms with Gasteiger partial charge < -0.3 is 15.7 Å². The Kier molecular flexibility index (Phi) is 4.18. The summed E-state index contributed by atoms with van der Waals surface area (Å²) in [6.07, 6.45) is 6.19. The lowest BCUT2D eigenvalue weighted by molar-refractivity contribution is -0.123. The fourth-order valence-corrected chi connectivity index (χ4v) is 2.70. The largest absolute Gasteiger partial charge is 0.396 e. The first-order valence-corrected chi connectivity index (χ1v) is 6.44. The van der Waals surface area contributed by atoms with Gasteiger partial charge in [0, 0.05) is 12.6 Å². The monoisotopic (exact) mass is 226 g/mol. The van der Waals surface area contributed by atoms with E-state index in [-0.39, 0.29) is 11.9 Å². The molecule has 1 aliphatic heterocycles. The van der Waals surface area contributed by atoms with Gasteiger partial charge in [-0.3, -0.25) is 4.79 Å². The minimum atomic E-state index is 0.0376. The van der Waals surface area contributed by atoms with Gasteiger partial charge in [0.25, 0.3) is 0 Å². The summed E-state index contributed by atoms with van der Waals surface area (Å²) in [5.74, 6) is 0.628. The molecule has 1 aliphatic carbocycles. The maximum atomic E-state index is 11.8. The van der Waals surface area contributed by atoms with Crippen molar-refractivity contribution in [1.29, 1.82) is 0 Å². The maximum Gasteiger partial charge on any atom is 0.237 e. The Morgan fingerprint density at radius 3 is 2.56 bits per heavy atom. The van der Waals surface area contributed by atoms with Gasteiger partial charge in [-0.1, -0.05) is 0 Å². The van der Waals surface area contributed by atoms with E-state index in [4.69, 9.17) is 5.11 Å². The van der Waals surface area contributed by atoms with E-state index in [1.54, 1.807) is 0 Å². The van der Waals surface area contributed by atoms with E-state index in [1.165, 1.54) is 0 Å². The van der Waals surface area contributed by atoms with Crippen LogP contribution in [0, 0.1) is 5.92 Å². The molecule has 92 valence electrons. The second-order valence-electron chi connectivity index (χ2n) is 5.06. The number of carbonyl (C=O) groups excluding carboxylic acids is 1. The molecule has 0 spiro atoms. The molecule has 16 heavy (non-hydrogen) atoms. The first-order valence-electron chi connectivity index (χ1n) is 6.44. The van der Waals surface area contributed by atoms with E-state index in [0.29, 0.717) is 18.6 Å². The standard InChI is InChI=1S/C12H22N2O2/c15-8-9-3-5-10(6-4-9)14-12(16)11-2-1-7-13-11/h9-11,13,15H,1-8H2,(H,14,16). The van der Waals surface area contributed by atoms with Gasteiger partial charge in [0.1, 0.15) is 0 Å². The zero-order chi connectivity index (χ0) is 11.4. The van der Waals surface area contributed by atoms with Crippen LogP contribution in [-0.4, -0.2) is 36.2 Å². The summed E-state index contributed by atoms with van der Waals surface area (Å²) in [7, 11) is 0. The fraction of sp³-hybridized carbons (Fsp3) is 0.917. The summed E-state index contributed by atoms with van der Waals surface area (Å²) in [4.78, 5) is 11.8. The Balaban J connectivity index is 1.71. The minimum Gasteiger partial charge on any atom is -0.396 e. The highest BCUT2D eigenvalue weighted by molar-refractivity contribution is 5.82. The number of aliphatic hydroxyl groups excluding tert-OH is 1. The van der Waals surface area contributed by atoms with Gasteiger partial charge in [0.15, 0.2) is 0 Å². The summed E-state index contributed by atoms with van der Waals surface area (Å²) >= 11 is 0. The van der Waals surface area contributed by atoms with Crippen LogP contribution in [0.5, 0.6) is 0 Å². The topological polar surface area (TPSA) is 61.4 Å². The van der Waals surface area contributed by atoms with E-state index in [9.17, 15) is 4.79 Å². The van der Waals surface area contributed by atoms with Crippen LogP contribution in [0.2, 0.25) is 0 Å². The average molecular weight is 226 g/mol. The van der Waals surface area contributed by atoms with E-state index < -0.39 is 0 Å². The Morgan fingerprint density at radius 1 is 1.25 bits per heavy atom. The molecule has 1 saturated carbocycles. The Bertz CT molecular complexity index is 231. The third-order valence-corrected chi connectivity index (χ3v) is 3.83. The number of hydrogen-bond acceptors (Lipinski definition) is 3. The Hall–Kier alpha value is -0.610. The van der Waals surface area contributed by atoms with Gasteiger partial charge in [-0.2, -0.15) is 0 Å². The molecule has 0 aromatic rings. The molecule has 1 saturated heterocycles. The first-order chi connectivity index (χ1) is 7.79. The summed E-state index contributed by atoms with van der Waals surface area (Å²) in [5, 5.41) is 15.4. The van der Waals surface area contributed by atoms with E-state index in [2.05, 4.69) is 10.6 Å². The summed E-state index contributed by atoms with van der Waals surface area (Å²) in [6.45, 7) is 1.26. The molecule has 1 heterocycles. The minimum absolute atomic E-state index is 0.0376. The summed E-state index contributed by atoms with van der Waals surface area (Å²) < 4.78 is 0. The van der Waals surface area contributed by atoms with Crippen LogP contribution in [0.15, 0.2) is 0 Å². The van der Waals surface area contributed by atoms with Crippen molar-refractivity contribution in [3.05, 3.63) is 0 Å². The van der Waals surface area contributed by atoms with E-state index >= 15 is 0 Å². The average Bonchev–Trinajstić information content (AvgIpc) is 2.83. The molecule has 3 N–H and O–H groups in total. The SMILES string of the molecule is O=C(NC1CCC(CO)CC1)C1CCCN1. The fourth-order valence-electron chi connectivity index (χ4n) is 2.70. The Morgan fingerprint density at radius 2 is 2.00 bits per heavy atom. The molecular weight excluding hydrogens is 204 g/mol. The number of carbonyl (C=O) groups is 1. The second kappa shape index (κ2) is 5.64. The van der Waals surface area contributed by atoms with Crippen LogP contribution in [0.1, 0.15) is 38.5 Å². The third kappa shape index (κ3) is 2.95. The van der Waals surface area contributed by atoms with Gasteiger partial charge >= 0.3 is 0 Å². The van der Waals surface area contributed by atoms with Crippen molar-refractivity contribution < 1.29 is 9.90 Å². The molecule has 4 nitrogen and oxygen atoms in total. The molecular formula is C12H22N2O2. The molecule has 0 bridgehead atoms. The lowest BCUT2D eigenvalue weighted by Crippen LogP contribution is -2.46. The molecule has 2 aliphatic rings. The quantitative estimate of drug-likeness (QED) is 0.653. The highest BCUT2D eigenvalue weighted by atomic mass is 16.3. The van der Waals surface area contributed by atoms with E-state index in [0.717, 1.165) is 45.1 Å². The normalized spacial score (nSPS) is 34.9. The lowest BCUT2D eigenvalue weighted by Gasteiger charge is -2.28. The molecule has 1 unspecified atom stereocenters. The molecule has 2 rings (SSSR count). The molecule has 1 amide bonds. The van der Waals surface area contributed by atoms with Crippen LogP contribution in [0.3, 0.4) is 0 Å². The second-order valence-corrected chi connectivity index (χ2v) is 5.06. The van der Waals surface area contributed by atoms with Crippen LogP contribution in [-0.2, 0) is 4.79 Å². The smallest absolute Gasteiger partial charge is 0.237 e. The van der Waals surface area contributed by atoms with Crippen molar-refractivity contribution >= 4 is 5.91 Å². The highest BCUT2D eigenvalue weighted by Gasteiger charge is 2.26. The number of amides is 1. The van der Waals surface area contributed by atoms with Crippen LogP contribution >= 0.6 is 0 Å². The van der Waals surface area contributed by atoms with Gasteiger partial charge in [0.05, 0.1) is 6.04 Å². The molecule has 4 heteroatoms. The van der Waals surface area contributed by atoms with Crippen molar-refractivity contribution in [2.24, 2.45) is 5.92 Å². The van der Waals surface area contributed by atoms with Crippen molar-refractivity contribution in [1.82, 2.24) is 10.6 Å². The van der Waals surface area contributed by atoms with Crippen molar-refractivity contribution in [3.8, 4) is 0 Å². The number of nitrogens with one attached hydrogen (secondary N) is 2. The van der Waals surface area contributed by atoms with Gasteiger partial charge in [0.2, 0.25) is 5.91 Å². The van der Waals surface area contributed by atoms with Crippen molar-refractivity contribution in [2.75, 3.05) is 13.2 Å².